The first-order valence-corrected chi connectivity index (χ1v) is 7.80. The molecule has 0 N–H and O–H groups in total. The van der Waals surface area contributed by atoms with Gasteiger partial charge in [0.1, 0.15) is 5.82 Å². The second-order valence-electron chi connectivity index (χ2n) is 5.83. The van der Waals surface area contributed by atoms with Crippen molar-refractivity contribution >= 4 is 11.6 Å². The third-order valence-electron chi connectivity index (χ3n) is 4.46. The van der Waals surface area contributed by atoms with Gasteiger partial charge in [-0.15, -0.1) is 0 Å². The van der Waals surface area contributed by atoms with E-state index in [1.165, 1.54) is 38.2 Å². The lowest BCUT2D eigenvalue weighted by Crippen LogP contribution is -2.33. The summed E-state index contributed by atoms with van der Waals surface area (Å²) in [6, 6.07) is 4.71. The summed E-state index contributed by atoms with van der Waals surface area (Å²) < 4.78 is 25.0. The predicted molar refractivity (Wildman–Crippen MR) is 76.1 cm³/mol. The first-order valence-electron chi connectivity index (χ1n) is 7.42. The Bertz CT molecular complexity index is 452. The number of rotatable bonds is 2. The molecule has 0 radical (unpaired) electrons. The molecule has 110 valence electrons. The van der Waals surface area contributed by atoms with Crippen molar-refractivity contribution in [3.05, 3.63) is 34.6 Å². The number of benzene rings is 1. The number of hydrogen-bond acceptors (Lipinski definition) is 2. The Morgan fingerprint density at radius 1 is 1.00 bits per heavy atom. The van der Waals surface area contributed by atoms with Crippen molar-refractivity contribution in [2.24, 2.45) is 11.8 Å². The van der Waals surface area contributed by atoms with E-state index in [0.717, 1.165) is 5.92 Å². The molecule has 20 heavy (non-hydrogen) atoms. The molecule has 1 saturated carbocycles. The van der Waals surface area contributed by atoms with Gasteiger partial charge in [-0.2, -0.15) is 0 Å². The minimum atomic E-state index is -0.457. The molecule has 1 aliphatic carbocycles. The largest absolute Gasteiger partial charge is 0.348 e. The summed E-state index contributed by atoms with van der Waals surface area (Å²) in [5.41, 5.74) is 0.703. The molecule has 0 unspecified atom stereocenters. The molecule has 4 heteroatoms. The van der Waals surface area contributed by atoms with Crippen molar-refractivity contribution in [1.29, 1.82) is 0 Å². The average Bonchev–Trinajstić information content (AvgIpc) is 2.51. The zero-order valence-electron chi connectivity index (χ0n) is 11.5. The lowest BCUT2D eigenvalue weighted by atomic mass is 9.80. The highest BCUT2D eigenvalue weighted by Gasteiger charge is 2.30. The van der Waals surface area contributed by atoms with Crippen molar-refractivity contribution in [2.75, 3.05) is 13.2 Å². The van der Waals surface area contributed by atoms with Gasteiger partial charge in [-0.1, -0.05) is 49.8 Å². The van der Waals surface area contributed by atoms with Gasteiger partial charge in [0.15, 0.2) is 6.29 Å². The van der Waals surface area contributed by atoms with Crippen LogP contribution in [0.2, 0.25) is 5.02 Å². The molecule has 0 bridgehead atoms. The van der Waals surface area contributed by atoms with Gasteiger partial charge in [0.2, 0.25) is 0 Å². The van der Waals surface area contributed by atoms with Crippen LogP contribution < -0.4 is 0 Å². The van der Waals surface area contributed by atoms with E-state index in [0.29, 0.717) is 24.7 Å². The summed E-state index contributed by atoms with van der Waals surface area (Å²) in [7, 11) is 0. The van der Waals surface area contributed by atoms with Crippen molar-refractivity contribution in [2.45, 2.75) is 38.4 Å². The highest BCUT2D eigenvalue weighted by molar-refractivity contribution is 6.30. The molecule has 1 saturated heterocycles. The monoisotopic (exact) mass is 298 g/mol. The zero-order chi connectivity index (χ0) is 13.9. The van der Waals surface area contributed by atoms with E-state index in [1.807, 2.05) is 0 Å². The number of ether oxygens (including phenoxy) is 2. The molecular weight excluding hydrogens is 279 g/mol. The van der Waals surface area contributed by atoms with Crippen molar-refractivity contribution in [1.82, 2.24) is 0 Å². The molecule has 2 aliphatic rings. The van der Waals surface area contributed by atoms with E-state index in [2.05, 4.69) is 0 Å². The lowest BCUT2D eigenvalue weighted by Gasteiger charge is -2.36. The Morgan fingerprint density at radius 2 is 1.70 bits per heavy atom. The SMILES string of the molecule is Fc1cc(C2OCC(C3CCCCC3)CO2)ccc1Cl. The normalized spacial score (nSPS) is 28.5. The highest BCUT2D eigenvalue weighted by Crippen LogP contribution is 2.35. The van der Waals surface area contributed by atoms with Crippen molar-refractivity contribution in [3.63, 3.8) is 0 Å². The minimum absolute atomic E-state index is 0.129. The summed E-state index contributed by atoms with van der Waals surface area (Å²) >= 11 is 5.69. The molecule has 2 nitrogen and oxygen atoms in total. The van der Waals surface area contributed by atoms with Gasteiger partial charge >= 0.3 is 0 Å². The molecule has 1 aromatic rings. The number of hydrogen-bond donors (Lipinski definition) is 0. The Labute approximate surface area is 124 Å². The van der Waals surface area contributed by atoms with E-state index >= 15 is 0 Å². The van der Waals surface area contributed by atoms with E-state index in [1.54, 1.807) is 12.1 Å². The third kappa shape index (κ3) is 3.16. The molecule has 3 rings (SSSR count). The summed E-state index contributed by atoms with van der Waals surface area (Å²) in [5, 5.41) is 0.129. The quantitative estimate of drug-likeness (QED) is 0.786. The Kier molecular flexibility index (Phi) is 4.59. The summed E-state index contributed by atoms with van der Waals surface area (Å²) in [5.74, 6) is 0.793. The molecule has 0 amide bonds. The van der Waals surface area contributed by atoms with Crippen LogP contribution in [0.5, 0.6) is 0 Å². The second-order valence-corrected chi connectivity index (χ2v) is 6.24. The average molecular weight is 299 g/mol. The standard InChI is InChI=1S/C16H20ClFO2/c17-14-7-6-12(8-15(14)18)16-19-9-13(10-20-16)11-4-2-1-3-5-11/h6-8,11,13,16H,1-5,9-10H2. The van der Waals surface area contributed by atoms with Crippen LogP contribution in [0.1, 0.15) is 44.0 Å². The molecule has 1 aliphatic heterocycles. The maximum atomic E-state index is 13.5. The fourth-order valence-electron chi connectivity index (χ4n) is 3.25. The maximum absolute atomic E-state index is 13.5. The number of halogens is 2. The van der Waals surface area contributed by atoms with E-state index in [9.17, 15) is 4.39 Å². The Hall–Kier alpha value is -0.640. The zero-order valence-corrected chi connectivity index (χ0v) is 12.2. The Morgan fingerprint density at radius 3 is 2.35 bits per heavy atom. The minimum Gasteiger partial charge on any atom is -0.348 e. The van der Waals surface area contributed by atoms with Crippen LogP contribution in [0.25, 0.3) is 0 Å². The first kappa shape index (κ1) is 14.3. The van der Waals surface area contributed by atoms with Gasteiger partial charge in [0, 0.05) is 11.5 Å². The molecular formula is C16H20ClFO2. The van der Waals surface area contributed by atoms with Crippen LogP contribution in [0, 0.1) is 17.7 Å². The molecule has 0 aromatic heterocycles. The summed E-state index contributed by atoms with van der Waals surface area (Å²) in [6.45, 7) is 1.42. The first-order chi connectivity index (χ1) is 9.74. The van der Waals surface area contributed by atoms with Crippen LogP contribution in [0.15, 0.2) is 18.2 Å². The molecule has 1 aromatic carbocycles. The van der Waals surface area contributed by atoms with Gasteiger partial charge in [0.05, 0.1) is 18.2 Å². The predicted octanol–water partition coefficient (Wildman–Crippen LogP) is 4.72. The van der Waals surface area contributed by atoms with Crippen LogP contribution in [0.4, 0.5) is 4.39 Å². The second kappa shape index (κ2) is 6.42. The Balaban J connectivity index is 1.58. The third-order valence-corrected chi connectivity index (χ3v) is 4.76. The van der Waals surface area contributed by atoms with Crippen LogP contribution in [-0.2, 0) is 9.47 Å². The lowest BCUT2D eigenvalue weighted by molar-refractivity contribution is -0.214. The van der Waals surface area contributed by atoms with Crippen molar-refractivity contribution in [3.8, 4) is 0 Å². The highest BCUT2D eigenvalue weighted by atomic mass is 35.5. The molecule has 2 fully saturated rings. The fraction of sp³-hybridized carbons (Fsp3) is 0.625. The topological polar surface area (TPSA) is 18.5 Å². The van der Waals surface area contributed by atoms with Gasteiger partial charge in [0.25, 0.3) is 0 Å². The van der Waals surface area contributed by atoms with Crippen LogP contribution >= 0.6 is 11.6 Å². The van der Waals surface area contributed by atoms with E-state index in [4.69, 9.17) is 21.1 Å². The van der Waals surface area contributed by atoms with Crippen LogP contribution in [-0.4, -0.2) is 13.2 Å². The molecule has 0 atom stereocenters. The summed E-state index contributed by atoms with van der Waals surface area (Å²) in [4.78, 5) is 0. The van der Waals surface area contributed by atoms with Gasteiger partial charge in [-0.3, -0.25) is 0 Å². The van der Waals surface area contributed by atoms with Gasteiger partial charge < -0.3 is 9.47 Å². The molecule has 1 heterocycles. The van der Waals surface area contributed by atoms with Gasteiger partial charge in [-0.25, -0.2) is 4.39 Å². The maximum Gasteiger partial charge on any atom is 0.183 e. The van der Waals surface area contributed by atoms with Crippen LogP contribution in [0.3, 0.4) is 0 Å². The fourth-order valence-corrected chi connectivity index (χ4v) is 3.36. The molecule has 0 spiro atoms. The summed E-state index contributed by atoms with van der Waals surface area (Å²) in [6.07, 6.45) is 6.13. The van der Waals surface area contributed by atoms with E-state index in [-0.39, 0.29) is 5.02 Å². The van der Waals surface area contributed by atoms with Crippen molar-refractivity contribution < 1.29 is 13.9 Å². The van der Waals surface area contributed by atoms with E-state index < -0.39 is 12.1 Å². The smallest absolute Gasteiger partial charge is 0.183 e. The van der Waals surface area contributed by atoms with Gasteiger partial charge in [-0.05, 0) is 18.1 Å².